The summed E-state index contributed by atoms with van der Waals surface area (Å²) in [7, 11) is 0. The molecule has 3 aromatic rings. The number of fused-ring (bicyclic) bond motifs is 1. The highest BCUT2D eigenvalue weighted by molar-refractivity contribution is 6.07. The van der Waals surface area contributed by atoms with Gasteiger partial charge in [0.05, 0.1) is 0 Å². The number of carbonyl (C=O) groups excluding carboxylic acids is 1. The van der Waals surface area contributed by atoms with E-state index in [1.807, 2.05) is 42.5 Å². The number of hydrogen-bond donors (Lipinski definition) is 0. The quantitative estimate of drug-likeness (QED) is 0.676. The Kier molecular flexibility index (Phi) is 3.50. The molecule has 2 aromatic heterocycles. The number of hydrogen-bond acceptors (Lipinski definition) is 3. The smallest absolute Gasteiger partial charge is 0.163 e. The molecule has 0 aliphatic rings. The number of nitrogens with zero attached hydrogens (tertiary/aromatic N) is 2. The molecule has 0 fully saturated rings. The molecular weight excluding hydrogens is 248 g/mol. The summed E-state index contributed by atoms with van der Waals surface area (Å²) in [6.45, 7) is 0. The van der Waals surface area contributed by atoms with E-state index in [1.165, 1.54) is 0 Å². The molecule has 3 heteroatoms. The van der Waals surface area contributed by atoms with E-state index >= 15 is 0 Å². The van der Waals surface area contributed by atoms with Gasteiger partial charge in [0.2, 0.25) is 0 Å². The molecule has 20 heavy (non-hydrogen) atoms. The van der Waals surface area contributed by atoms with Gasteiger partial charge in [0.15, 0.2) is 5.78 Å². The SMILES string of the molecule is O=C(CCc1ccccn1)c1cccc2cnccc12. The molecule has 0 bridgehead atoms. The van der Waals surface area contributed by atoms with Crippen LogP contribution in [-0.2, 0) is 6.42 Å². The van der Waals surface area contributed by atoms with Crippen LogP contribution in [0, 0.1) is 0 Å². The van der Waals surface area contributed by atoms with Crippen molar-refractivity contribution < 1.29 is 4.79 Å². The van der Waals surface area contributed by atoms with E-state index < -0.39 is 0 Å². The van der Waals surface area contributed by atoms with Gasteiger partial charge in [-0.2, -0.15) is 0 Å². The molecule has 0 spiro atoms. The standard InChI is InChI=1S/C17H14N2O/c20-17(8-7-14-5-1-2-10-19-14)16-6-3-4-13-12-18-11-9-15(13)16/h1-6,9-12H,7-8H2. The summed E-state index contributed by atoms with van der Waals surface area (Å²) in [5.74, 6) is 0.146. The van der Waals surface area contributed by atoms with E-state index in [2.05, 4.69) is 9.97 Å². The number of Topliss-reactive ketones (excluding diaryl/α,β-unsaturated/α-hetero) is 1. The largest absolute Gasteiger partial charge is 0.294 e. The van der Waals surface area contributed by atoms with Crippen LogP contribution >= 0.6 is 0 Å². The predicted octanol–water partition coefficient (Wildman–Crippen LogP) is 3.45. The zero-order chi connectivity index (χ0) is 13.8. The Labute approximate surface area is 117 Å². The lowest BCUT2D eigenvalue weighted by molar-refractivity contribution is 0.0984. The molecule has 0 atom stereocenters. The van der Waals surface area contributed by atoms with Crippen molar-refractivity contribution in [2.75, 3.05) is 0 Å². The minimum atomic E-state index is 0.146. The molecule has 0 N–H and O–H groups in total. The number of aromatic nitrogens is 2. The van der Waals surface area contributed by atoms with Crippen molar-refractivity contribution in [2.24, 2.45) is 0 Å². The summed E-state index contributed by atoms with van der Waals surface area (Å²) >= 11 is 0. The Balaban J connectivity index is 1.82. The summed E-state index contributed by atoms with van der Waals surface area (Å²) < 4.78 is 0. The van der Waals surface area contributed by atoms with Gasteiger partial charge in [-0.3, -0.25) is 14.8 Å². The molecule has 0 radical (unpaired) electrons. The maximum absolute atomic E-state index is 12.4. The highest BCUT2D eigenvalue weighted by Crippen LogP contribution is 2.19. The second-order valence-corrected chi connectivity index (χ2v) is 4.65. The third-order valence-electron chi connectivity index (χ3n) is 3.32. The van der Waals surface area contributed by atoms with E-state index in [9.17, 15) is 4.79 Å². The zero-order valence-corrected chi connectivity index (χ0v) is 11.0. The van der Waals surface area contributed by atoms with Crippen LogP contribution in [0.15, 0.2) is 61.1 Å². The predicted molar refractivity (Wildman–Crippen MR) is 78.6 cm³/mol. The first kappa shape index (κ1) is 12.5. The van der Waals surface area contributed by atoms with Gasteiger partial charge >= 0.3 is 0 Å². The van der Waals surface area contributed by atoms with Gasteiger partial charge in [0.1, 0.15) is 0 Å². The second-order valence-electron chi connectivity index (χ2n) is 4.65. The lowest BCUT2D eigenvalue weighted by Crippen LogP contribution is -2.03. The topological polar surface area (TPSA) is 42.9 Å². The summed E-state index contributed by atoms with van der Waals surface area (Å²) in [6.07, 6.45) is 6.39. The molecule has 2 heterocycles. The molecule has 3 nitrogen and oxygen atoms in total. The number of pyridine rings is 2. The zero-order valence-electron chi connectivity index (χ0n) is 11.0. The first-order valence-corrected chi connectivity index (χ1v) is 6.60. The van der Waals surface area contributed by atoms with Gasteiger partial charge in [-0.1, -0.05) is 24.3 Å². The van der Waals surface area contributed by atoms with Gasteiger partial charge in [0, 0.05) is 41.7 Å². The maximum atomic E-state index is 12.4. The third-order valence-corrected chi connectivity index (χ3v) is 3.32. The number of benzene rings is 1. The van der Waals surface area contributed by atoms with Crippen molar-refractivity contribution >= 4 is 16.6 Å². The Hall–Kier alpha value is -2.55. The molecular formula is C17H14N2O. The van der Waals surface area contributed by atoms with Gasteiger partial charge in [-0.15, -0.1) is 0 Å². The Morgan fingerprint density at radius 3 is 2.80 bits per heavy atom. The van der Waals surface area contributed by atoms with Crippen LogP contribution in [0.4, 0.5) is 0 Å². The normalized spacial score (nSPS) is 10.6. The monoisotopic (exact) mass is 262 g/mol. The van der Waals surface area contributed by atoms with E-state index in [1.54, 1.807) is 18.6 Å². The minimum Gasteiger partial charge on any atom is -0.294 e. The Morgan fingerprint density at radius 1 is 1.00 bits per heavy atom. The summed E-state index contributed by atoms with van der Waals surface area (Å²) in [5.41, 5.74) is 1.71. The maximum Gasteiger partial charge on any atom is 0.163 e. The van der Waals surface area contributed by atoms with Crippen molar-refractivity contribution in [2.45, 2.75) is 12.8 Å². The Bertz CT molecular complexity index is 733. The molecule has 0 amide bonds. The molecule has 0 saturated heterocycles. The molecule has 0 aliphatic carbocycles. The van der Waals surface area contributed by atoms with Gasteiger partial charge < -0.3 is 0 Å². The van der Waals surface area contributed by atoms with E-state index in [0.717, 1.165) is 22.0 Å². The summed E-state index contributed by atoms with van der Waals surface area (Å²) in [4.78, 5) is 20.7. The van der Waals surface area contributed by atoms with Crippen molar-refractivity contribution in [1.29, 1.82) is 0 Å². The van der Waals surface area contributed by atoms with E-state index in [0.29, 0.717) is 12.8 Å². The highest BCUT2D eigenvalue weighted by Gasteiger charge is 2.10. The average Bonchev–Trinajstić information content (AvgIpc) is 2.53. The molecule has 0 aliphatic heterocycles. The van der Waals surface area contributed by atoms with Crippen molar-refractivity contribution in [1.82, 2.24) is 9.97 Å². The number of ketones is 1. The van der Waals surface area contributed by atoms with Gasteiger partial charge in [-0.25, -0.2) is 0 Å². The third kappa shape index (κ3) is 2.57. The van der Waals surface area contributed by atoms with Crippen molar-refractivity contribution in [3.05, 3.63) is 72.3 Å². The van der Waals surface area contributed by atoms with Crippen LogP contribution < -0.4 is 0 Å². The van der Waals surface area contributed by atoms with Crippen LogP contribution in [0.3, 0.4) is 0 Å². The van der Waals surface area contributed by atoms with Gasteiger partial charge in [-0.05, 0) is 30.0 Å². The minimum absolute atomic E-state index is 0.146. The Morgan fingerprint density at radius 2 is 1.95 bits per heavy atom. The lowest BCUT2D eigenvalue weighted by Gasteiger charge is -2.05. The fourth-order valence-electron chi connectivity index (χ4n) is 2.29. The van der Waals surface area contributed by atoms with Gasteiger partial charge in [0.25, 0.3) is 0 Å². The fourth-order valence-corrected chi connectivity index (χ4v) is 2.29. The lowest BCUT2D eigenvalue weighted by atomic mass is 10.00. The summed E-state index contributed by atoms with van der Waals surface area (Å²) in [6, 6.07) is 13.4. The van der Waals surface area contributed by atoms with E-state index in [4.69, 9.17) is 0 Å². The molecule has 1 aromatic carbocycles. The van der Waals surface area contributed by atoms with E-state index in [-0.39, 0.29) is 5.78 Å². The van der Waals surface area contributed by atoms with Crippen LogP contribution in [0.1, 0.15) is 22.5 Å². The second kappa shape index (κ2) is 5.61. The summed E-state index contributed by atoms with van der Waals surface area (Å²) in [5, 5.41) is 1.96. The number of aryl methyl sites for hydroxylation is 1. The molecule has 98 valence electrons. The highest BCUT2D eigenvalue weighted by atomic mass is 16.1. The van der Waals surface area contributed by atoms with Crippen molar-refractivity contribution in [3.63, 3.8) is 0 Å². The van der Waals surface area contributed by atoms with Crippen LogP contribution in [0.25, 0.3) is 10.8 Å². The van der Waals surface area contributed by atoms with Crippen LogP contribution in [0.5, 0.6) is 0 Å². The van der Waals surface area contributed by atoms with Crippen LogP contribution in [0.2, 0.25) is 0 Å². The molecule has 0 unspecified atom stereocenters. The molecule has 3 rings (SSSR count). The number of carbonyl (C=O) groups is 1. The van der Waals surface area contributed by atoms with Crippen molar-refractivity contribution in [3.8, 4) is 0 Å². The average molecular weight is 262 g/mol. The molecule has 0 saturated carbocycles. The first-order chi connectivity index (χ1) is 9.84. The fraction of sp³-hybridized carbons (Fsp3) is 0.118. The number of rotatable bonds is 4. The van der Waals surface area contributed by atoms with Crippen LogP contribution in [-0.4, -0.2) is 15.8 Å². The first-order valence-electron chi connectivity index (χ1n) is 6.60.